The summed E-state index contributed by atoms with van der Waals surface area (Å²) < 4.78 is 29.4. The number of methoxy groups -OCH3 is 3. The molecule has 0 aromatic heterocycles. The van der Waals surface area contributed by atoms with Crippen molar-refractivity contribution in [1.29, 1.82) is 0 Å². The van der Waals surface area contributed by atoms with Crippen molar-refractivity contribution < 1.29 is 23.4 Å². The number of amides is 1. The number of benzene rings is 2. The van der Waals surface area contributed by atoms with E-state index >= 15 is 0 Å². The van der Waals surface area contributed by atoms with Crippen molar-refractivity contribution in [3.05, 3.63) is 53.3 Å². The highest BCUT2D eigenvalue weighted by atomic mass is 19.1. The van der Waals surface area contributed by atoms with Gasteiger partial charge in [-0.2, -0.15) is 0 Å². The van der Waals surface area contributed by atoms with Crippen LogP contribution in [0, 0.1) is 5.82 Å². The monoisotopic (exact) mass is 387 g/mol. The number of carbonyl (C=O) groups excluding carboxylic acids is 1. The van der Waals surface area contributed by atoms with E-state index in [9.17, 15) is 9.18 Å². The van der Waals surface area contributed by atoms with Gasteiger partial charge in [0.15, 0.2) is 11.5 Å². The SMILES string of the molecule is COc1cc(OC)c(OC)cc1CNC(=O)C1(c2ccc(F)cc2)CCCC1. The lowest BCUT2D eigenvalue weighted by Crippen LogP contribution is -2.42. The average Bonchev–Trinajstić information content (AvgIpc) is 3.23. The topological polar surface area (TPSA) is 56.8 Å². The maximum absolute atomic E-state index is 13.3. The molecule has 150 valence electrons. The van der Waals surface area contributed by atoms with E-state index in [0.717, 1.165) is 36.8 Å². The predicted octanol–water partition coefficient (Wildman–Crippen LogP) is 3.98. The summed E-state index contributed by atoms with van der Waals surface area (Å²) in [5.74, 6) is 1.40. The Morgan fingerprint density at radius 1 is 0.964 bits per heavy atom. The van der Waals surface area contributed by atoms with Crippen molar-refractivity contribution in [2.24, 2.45) is 0 Å². The largest absolute Gasteiger partial charge is 0.496 e. The van der Waals surface area contributed by atoms with Crippen LogP contribution < -0.4 is 19.5 Å². The fourth-order valence-electron chi connectivity index (χ4n) is 3.97. The summed E-state index contributed by atoms with van der Waals surface area (Å²) in [4.78, 5) is 13.2. The van der Waals surface area contributed by atoms with Gasteiger partial charge in [0.05, 0.1) is 26.7 Å². The molecule has 5 nitrogen and oxygen atoms in total. The van der Waals surface area contributed by atoms with Gasteiger partial charge in [-0.05, 0) is 36.6 Å². The Labute approximate surface area is 164 Å². The minimum atomic E-state index is -0.614. The lowest BCUT2D eigenvalue weighted by atomic mass is 9.78. The van der Waals surface area contributed by atoms with Crippen LogP contribution in [0.2, 0.25) is 0 Å². The number of halogens is 1. The summed E-state index contributed by atoms with van der Waals surface area (Å²) in [6.45, 7) is 0.297. The van der Waals surface area contributed by atoms with Crippen molar-refractivity contribution in [1.82, 2.24) is 5.32 Å². The van der Waals surface area contributed by atoms with Crippen LogP contribution >= 0.6 is 0 Å². The number of rotatable bonds is 7. The highest BCUT2D eigenvalue weighted by molar-refractivity contribution is 5.88. The number of nitrogens with one attached hydrogen (secondary N) is 1. The van der Waals surface area contributed by atoms with E-state index in [0.29, 0.717) is 23.8 Å². The van der Waals surface area contributed by atoms with Crippen molar-refractivity contribution in [2.75, 3.05) is 21.3 Å². The molecule has 2 aromatic carbocycles. The maximum Gasteiger partial charge on any atom is 0.230 e. The molecule has 0 spiro atoms. The molecule has 0 heterocycles. The minimum Gasteiger partial charge on any atom is -0.496 e. The first kappa shape index (κ1) is 20.0. The molecule has 0 radical (unpaired) electrons. The Bertz CT molecular complexity index is 829. The molecule has 0 unspecified atom stereocenters. The lowest BCUT2D eigenvalue weighted by Gasteiger charge is -2.28. The van der Waals surface area contributed by atoms with Gasteiger partial charge in [-0.25, -0.2) is 4.39 Å². The molecule has 3 rings (SSSR count). The van der Waals surface area contributed by atoms with Crippen molar-refractivity contribution in [2.45, 2.75) is 37.6 Å². The molecule has 2 aromatic rings. The van der Waals surface area contributed by atoms with Crippen molar-refractivity contribution in [3.63, 3.8) is 0 Å². The summed E-state index contributed by atoms with van der Waals surface area (Å²) in [5.41, 5.74) is 1.04. The van der Waals surface area contributed by atoms with Crippen LogP contribution in [0.1, 0.15) is 36.8 Å². The van der Waals surface area contributed by atoms with Gasteiger partial charge >= 0.3 is 0 Å². The van der Waals surface area contributed by atoms with E-state index in [2.05, 4.69) is 5.32 Å². The Morgan fingerprint density at radius 3 is 2.11 bits per heavy atom. The van der Waals surface area contributed by atoms with Gasteiger partial charge in [-0.15, -0.1) is 0 Å². The van der Waals surface area contributed by atoms with Crippen LogP contribution in [0.5, 0.6) is 17.2 Å². The van der Waals surface area contributed by atoms with Crippen LogP contribution in [0.4, 0.5) is 4.39 Å². The van der Waals surface area contributed by atoms with Crippen LogP contribution in [0.25, 0.3) is 0 Å². The Balaban J connectivity index is 1.83. The number of carbonyl (C=O) groups is 1. The predicted molar refractivity (Wildman–Crippen MR) is 104 cm³/mol. The number of hydrogen-bond donors (Lipinski definition) is 1. The van der Waals surface area contributed by atoms with E-state index in [4.69, 9.17) is 14.2 Å². The second-order valence-electron chi connectivity index (χ2n) is 7.00. The smallest absolute Gasteiger partial charge is 0.230 e. The molecule has 0 bridgehead atoms. The molecule has 1 amide bonds. The summed E-state index contributed by atoms with van der Waals surface area (Å²) in [6.07, 6.45) is 3.47. The second kappa shape index (κ2) is 8.50. The van der Waals surface area contributed by atoms with Crippen LogP contribution in [0.3, 0.4) is 0 Å². The Hall–Kier alpha value is -2.76. The Kier molecular flexibility index (Phi) is 6.07. The van der Waals surface area contributed by atoms with Crippen LogP contribution in [-0.4, -0.2) is 27.2 Å². The van der Waals surface area contributed by atoms with E-state index in [1.165, 1.54) is 12.1 Å². The standard InChI is InChI=1S/C22H26FNO4/c1-26-18-13-20(28-3)19(27-2)12-15(18)14-24-21(25)22(10-4-5-11-22)16-6-8-17(23)9-7-16/h6-9,12-13H,4-5,10-11,14H2,1-3H3,(H,24,25). The van der Waals surface area contributed by atoms with Gasteiger partial charge < -0.3 is 19.5 Å². The van der Waals surface area contributed by atoms with E-state index in [-0.39, 0.29) is 11.7 Å². The summed E-state index contributed by atoms with van der Waals surface area (Å²) >= 11 is 0. The molecule has 0 saturated heterocycles. The molecule has 1 aliphatic rings. The van der Waals surface area contributed by atoms with Crippen LogP contribution in [-0.2, 0) is 16.8 Å². The van der Waals surface area contributed by atoms with Gasteiger partial charge in [-0.1, -0.05) is 25.0 Å². The van der Waals surface area contributed by atoms with Gasteiger partial charge in [-0.3, -0.25) is 4.79 Å². The molecule has 1 fully saturated rings. The summed E-state index contributed by atoms with van der Waals surface area (Å²) in [6, 6.07) is 9.82. The summed E-state index contributed by atoms with van der Waals surface area (Å²) in [7, 11) is 4.70. The van der Waals surface area contributed by atoms with Crippen molar-refractivity contribution in [3.8, 4) is 17.2 Å². The first-order chi connectivity index (χ1) is 13.5. The molecule has 0 atom stereocenters. The van der Waals surface area contributed by atoms with E-state index < -0.39 is 5.41 Å². The third-order valence-electron chi connectivity index (χ3n) is 5.51. The summed E-state index contributed by atoms with van der Waals surface area (Å²) in [5, 5.41) is 3.05. The van der Waals surface area contributed by atoms with Gasteiger partial charge in [0.25, 0.3) is 0 Å². The second-order valence-corrected chi connectivity index (χ2v) is 7.00. The number of hydrogen-bond acceptors (Lipinski definition) is 4. The fraction of sp³-hybridized carbons (Fsp3) is 0.409. The highest BCUT2D eigenvalue weighted by Gasteiger charge is 2.42. The molecular weight excluding hydrogens is 361 g/mol. The zero-order valence-electron chi connectivity index (χ0n) is 16.5. The molecule has 1 N–H and O–H groups in total. The molecule has 6 heteroatoms. The third kappa shape index (κ3) is 3.77. The average molecular weight is 387 g/mol. The fourth-order valence-corrected chi connectivity index (χ4v) is 3.97. The minimum absolute atomic E-state index is 0.0477. The zero-order valence-corrected chi connectivity index (χ0v) is 16.5. The first-order valence-electron chi connectivity index (χ1n) is 9.37. The maximum atomic E-state index is 13.3. The highest BCUT2D eigenvalue weighted by Crippen LogP contribution is 2.42. The molecular formula is C22H26FNO4. The van der Waals surface area contributed by atoms with E-state index in [1.54, 1.807) is 45.6 Å². The van der Waals surface area contributed by atoms with Crippen molar-refractivity contribution >= 4 is 5.91 Å². The van der Waals surface area contributed by atoms with Crippen LogP contribution in [0.15, 0.2) is 36.4 Å². The number of ether oxygens (including phenoxy) is 3. The normalized spacial score (nSPS) is 15.1. The van der Waals surface area contributed by atoms with Gasteiger partial charge in [0.1, 0.15) is 11.6 Å². The zero-order chi connectivity index (χ0) is 20.1. The molecule has 0 aliphatic heterocycles. The lowest BCUT2D eigenvalue weighted by molar-refractivity contribution is -0.126. The van der Waals surface area contributed by atoms with Gasteiger partial charge in [0.2, 0.25) is 5.91 Å². The third-order valence-corrected chi connectivity index (χ3v) is 5.51. The van der Waals surface area contributed by atoms with Gasteiger partial charge in [0, 0.05) is 18.2 Å². The van der Waals surface area contributed by atoms with E-state index in [1.807, 2.05) is 0 Å². The Morgan fingerprint density at radius 2 is 1.54 bits per heavy atom. The molecule has 1 saturated carbocycles. The molecule has 1 aliphatic carbocycles. The molecule has 28 heavy (non-hydrogen) atoms. The first-order valence-corrected chi connectivity index (χ1v) is 9.37. The quantitative estimate of drug-likeness (QED) is 0.781.